The molecule has 8 atom stereocenters. The summed E-state index contributed by atoms with van der Waals surface area (Å²) < 4.78 is 17.5. The molecule has 4 aromatic rings. The van der Waals surface area contributed by atoms with Gasteiger partial charge in [0.1, 0.15) is 46.8 Å². The van der Waals surface area contributed by atoms with Gasteiger partial charge >= 0.3 is 6.09 Å². The molecule has 2 saturated heterocycles. The van der Waals surface area contributed by atoms with Crippen LogP contribution in [-0.2, 0) is 49.6 Å². The summed E-state index contributed by atoms with van der Waals surface area (Å²) in [5.74, 6) is 2.67. The highest BCUT2D eigenvalue weighted by atomic mass is 16.6. The maximum Gasteiger partial charge on any atom is 0.411 e. The van der Waals surface area contributed by atoms with Crippen molar-refractivity contribution in [2.45, 2.75) is 127 Å². The molecule has 6 heterocycles. The van der Waals surface area contributed by atoms with Crippen molar-refractivity contribution in [3.8, 4) is 34.8 Å². The first-order chi connectivity index (χ1) is 32.0. The summed E-state index contributed by atoms with van der Waals surface area (Å²) in [6.07, 6.45) is 6.63. The molecule has 0 radical (unpaired) electrons. The normalized spacial score (nSPS) is 24.1. The third kappa shape index (κ3) is 9.28. The fourth-order valence-electron chi connectivity index (χ4n) is 10.7. The molecule has 4 bridgehead atoms. The molecule has 16 heteroatoms. The lowest BCUT2D eigenvalue weighted by atomic mass is 9.97. The first-order valence-electron chi connectivity index (χ1n) is 23.2. The van der Waals surface area contributed by atoms with E-state index in [1.54, 1.807) is 55.6 Å². The van der Waals surface area contributed by atoms with Crippen LogP contribution in [0.3, 0.4) is 0 Å². The number of likely N-dealkylation sites (N-methyl/N-ethyl adjacent to an activating group) is 2. The molecule has 0 spiro atoms. The predicted octanol–water partition coefficient (Wildman–Crippen LogP) is 5.96. The fraction of sp³-hybridized carbons (Fsp3) is 0.471. The molecule has 0 unspecified atom stereocenters. The van der Waals surface area contributed by atoms with Crippen molar-refractivity contribution in [3.05, 3.63) is 83.3 Å². The van der Waals surface area contributed by atoms with Crippen LogP contribution in [0.15, 0.2) is 69.5 Å². The van der Waals surface area contributed by atoms with Crippen molar-refractivity contribution < 1.29 is 37.5 Å². The maximum absolute atomic E-state index is 13.3. The molecule has 3 N–H and O–H groups in total. The van der Waals surface area contributed by atoms with E-state index in [-0.39, 0.29) is 48.1 Å². The number of likely N-dealkylation sites (tertiary alicyclic amines) is 1. The maximum atomic E-state index is 13.3. The van der Waals surface area contributed by atoms with Gasteiger partial charge in [0.05, 0.1) is 31.0 Å². The second-order valence-corrected chi connectivity index (χ2v) is 19.7. The van der Waals surface area contributed by atoms with Crippen molar-refractivity contribution in [1.29, 1.82) is 10.5 Å². The van der Waals surface area contributed by atoms with Gasteiger partial charge in [-0.2, -0.15) is 10.5 Å². The summed E-state index contributed by atoms with van der Waals surface area (Å²) in [7, 11) is 3.53. The summed E-state index contributed by atoms with van der Waals surface area (Å²) in [4.78, 5) is 67.5. The Morgan fingerprint density at radius 1 is 0.746 bits per heavy atom. The number of anilines is 2. The first-order valence-corrected chi connectivity index (χ1v) is 23.2. The van der Waals surface area contributed by atoms with Gasteiger partial charge in [-0.15, -0.1) is 0 Å². The number of carbonyl (C=O) groups is 5. The average Bonchev–Trinajstić information content (AvgIpc) is 4.18. The van der Waals surface area contributed by atoms with E-state index in [2.05, 4.69) is 28.1 Å². The number of furan rings is 2. The van der Waals surface area contributed by atoms with Crippen LogP contribution in [0, 0.1) is 34.5 Å². The number of benzene rings is 2. The Bertz CT molecular complexity index is 2700. The van der Waals surface area contributed by atoms with Crippen LogP contribution in [0.25, 0.3) is 22.6 Å². The minimum atomic E-state index is -0.810. The van der Waals surface area contributed by atoms with Gasteiger partial charge in [-0.05, 0) is 119 Å². The Morgan fingerprint density at radius 3 is 1.78 bits per heavy atom. The molecular formula is C51H56N8O8. The van der Waals surface area contributed by atoms with Crippen molar-refractivity contribution in [2.24, 2.45) is 11.8 Å². The van der Waals surface area contributed by atoms with Crippen LogP contribution in [0.5, 0.6) is 0 Å². The van der Waals surface area contributed by atoms with Gasteiger partial charge in [0.2, 0.25) is 23.6 Å². The lowest BCUT2D eigenvalue weighted by Gasteiger charge is -2.35. The largest absolute Gasteiger partial charge is 0.461 e. The molecule has 5 amide bonds. The van der Waals surface area contributed by atoms with E-state index in [1.807, 2.05) is 54.6 Å². The molecule has 2 aromatic heterocycles. The van der Waals surface area contributed by atoms with Gasteiger partial charge in [0.25, 0.3) is 0 Å². The molecule has 2 aromatic carbocycles. The molecule has 2 aliphatic carbocycles. The topological polar surface area (TPSA) is 214 Å². The van der Waals surface area contributed by atoms with Gasteiger partial charge in [-0.1, -0.05) is 24.3 Å². The number of hydrogen-bond acceptors (Lipinski definition) is 11. The Labute approximate surface area is 389 Å². The van der Waals surface area contributed by atoms with Crippen molar-refractivity contribution in [3.63, 3.8) is 0 Å². The minimum absolute atomic E-state index is 0.00886. The van der Waals surface area contributed by atoms with Gasteiger partial charge in [-0.3, -0.25) is 24.1 Å². The van der Waals surface area contributed by atoms with E-state index in [9.17, 15) is 34.5 Å². The summed E-state index contributed by atoms with van der Waals surface area (Å²) in [6, 6.07) is 21.4. The van der Waals surface area contributed by atoms with Gasteiger partial charge in [-0.25, -0.2) is 4.79 Å². The SMILES string of the molecule is CN1C(=O)Cc2ccc(-c3ccc(C[C@@H](C#N)NC(=O)[C@@H]4[C@H]5CC[C@H](C5)N4C(=O)OC(C)(C)C)o3)cc21.CN1C(=O)Cc2ccc(-c3ccc(C[C@@H](C#N)NC(=O)[C@H]4N[C@@H]5CC[C@H]4C5)o3)cc21. The highest BCUT2D eigenvalue weighted by Crippen LogP contribution is 2.43. The first kappa shape index (κ1) is 45.3. The fourth-order valence-corrected chi connectivity index (χ4v) is 10.7. The zero-order valence-corrected chi connectivity index (χ0v) is 38.5. The van der Waals surface area contributed by atoms with Gasteiger partial charge < -0.3 is 39.3 Å². The summed E-state index contributed by atoms with van der Waals surface area (Å²) >= 11 is 0. The number of piperidine rings is 2. The molecule has 67 heavy (non-hydrogen) atoms. The summed E-state index contributed by atoms with van der Waals surface area (Å²) in [6.45, 7) is 5.41. The third-order valence-corrected chi connectivity index (χ3v) is 14.1. The molecule has 6 aliphatic rings. The van der Waals surface area contributed by atoms with Gasteiger partial charge in [0.15, 0.2) is 0 Å². The average molecular weight is 909 g/mol. The predicted molar refractivity (Wildman–Crippen MR) is 246 cm³/mol. The van der Waals surface area contributed by atoms with Crippen LogP contribution in [0.2, 0.25) is 0 Å². The van der Waals surface area contributed by atoms with E-state index in [0.29, 0.717) is 54.3 Å². The zero-order chi connectivity index (χ0) is 47.3. The number of hydrogen-bond donors (Lipinski definition) is 3. The number of nitrogens with one attached hydrogen (secondary N) is 3. The molecular weight excluding hydrogens is 853 g/mol. The van der Waals surface area contributed by atoms with E-state index in [0.717, 1.165) is 72.2 Å². The minimum Gasteiger partial charge on any atom is -0.461 e. The second-order valence-electron chi connectivity index (χ2n) is 19.7. The number of amides is 5. The van der Waals surface area contributed by atoms with E-state index in [1.165, 1.54) is 0 Å². The van der Waals surface area contributed by atoms with Crippen LogP contribution in [-0.4, -0.2) is 90.6 Å². The molecule has 10 rings (SSSR count). The second kappa shape index (κ2) is 18.1. The molecule has 16 nitrogen and oxygen atoms in total. The highest BCUT2D eigenvalue weighted by Gasteiger charge is 2.53. The Balaban J connectivity index is 0.000000171. The Hall–Kier alpha value is -6.91. The van der Waals surface area contributed by atoms with Crippen LogP contribution < -0.4 is 25.8 Å². The smallest absolute Gasteiger partial charge is 0.411 e. The van der Waals surface area contributed by atoms with E-state index in [4.69, 9.17) is 13.6 Å². The lowest BCUT2D eigenvalue weighted by Crippen LogP contribution is -2.55. The van der Waals surface area contributed by atoms with Gasteiger partial charge in [0, 0.05) is 61.5 Å². The summed E-state index contributed by atoms with van der Waals surface area (Å²) in [5, 5.41) is 28.4. The molecule has 2 saturated carbocycles. The molecule has 348 valence electrons. The molecule has 4 aliphatic heterocycles. The third-order valence-electron chi connectivity index (χ3n) is 14.1. The Morgan fingerprint density at radius 2 is 1.28 bits per heavy atom. The van der Waals surface area contributed by atoms with Crippen molar-refractivity contribution >= 4 is 41.1 Å². The number of fused-ring (bicyclic) bond motifs is 6. The number of ether oxygens (including phenoxy) is 1. The van der Waals surface area contributed by atoms with Crippen molar-refractivity contribution in [1.82, 2.24) is 20.9 Å². The summed E-state index contributed by atoms with van der Waals surface area (Å²) in [5.41, 5.74) is 4.81. The van der Waals surface area contributed by atoms with Crippen LogP contribution in [0.4, 0.5) is 16.2 Å². The standard InChI is InChI=1S/C28H32N4O5.C23H24N4O3/c1-28(2,3)37-27(35)32-20-8-7-18(11-20)25(32)26(34)30-19(15-29)14-21-9-10-23(36-21)17-6-5-16-13-24(33)31(4)22(16)12-17;1-27-19-9-14(3-2-13(19)10-21(27)28)20-7-6-18(30-20)11-17(12-24)26-23(29)22-15-4-5-16(8-15)25-22/h5-6,9-10,12,18-20,25H,7-8,11,13-14H2,1-4H3,(H,30,34);2-3,6-7,9,15-17,22,25H,4-5,8,10-11H2,1H3,(H,26,29)/t18-,19-,20+,25-;15-,16+,17-,22-/m00/s1. The number of rotatable bonds is 10. The zero-order valence-electron chi connectivity index (χ0n) is 38.5. The Kier molecular flexibility index (Phi) is 12.2. The molecule has 4 fully saturated rings. The van der Waals surface area contributed by atoms with Crippen molar-refractivity contribution in [2.75, 3.05) is 23.9 Å². The number of nitriles is 2. The quantitative estimate of drug-likeness (QED) is 0.169. The van der Waals surface area contributed by atoms with Crippen LogP contribution in [0.1, 0.15) is 81.9 Å². The van der Waals surface area contributed by atoms with Crippen LogP contribution >= 0.6 is 0 Å². The number of carbonyl (C=O) groups excluding carboxylic acids is 5. The highest BCUT2D eigenvalue weighted by molar-refractivity contribution is 6.02. The van der Waals surface area contributed by atoms with E-state index < -0.39 is 29.8 Å². The van der Waals surface area contributed by atoms with E-state index >= 15 is 0 Å². The lowest BCUT2D eigenvalue weighted by molar-refractivity contribution is -0.128. The number of nitrogens with zero attached hydrogens (tertiary/aromatic N) is 5. The monoisotopic (exact) mass is 908 g/mol.